The predicted octanol–water partition coefficient (Wildman–Crippen LogP) is 0.329. The van der Waals surface area contributed by atoms with E-state index in [2.05, 4.69) is 80.7 Å². The van der Waals surface area contributed by atoms with Gasteiger partial charge in [0.05, 0.1) is 16.2 Å². The van der Waals surface area contributed by atoms with Crippen LogP contribution in [0.3, 0.4) is 0 Å². The van der Waals surface area contributed by atoms with E-state index in [1.807, 2.05) is 40.1 Å². The van der Waals surface area contributed by atoms with E-state index in [9.17, 15) is 21.2 Å². The minimum Gasteiger partial charge on any atom is -0.399 e. The largest absolute Gasteiger partial charge is 0.496 e. The number of rotatable bonds is 14. The zero-order valence-corrected chi connectivity index (χ0v) is 50.7. The van der Waals surface area contributed by atoms with E-state index in [0.717, 1.165) is 36.4 Å². The molecule has 76 heavy (non-hydrogen) atoms. The van der Waals surface area contributed by atoms with Crippen molar-refractivity contribution in [1.82, 2.24) is 19.9 Å². The summed E-state index contributed by atoms with van der Waals surface area (Å²) < 4.78 is 72.1. The SMILES string of the molecule is C.C.CSc1ncc(Br)cc1C.Cc1cc(B2OC(C)(C)C(C)(C)O2)cnc1S(C)(=O)=O.Cc1cc(Br)cnc1F.Cc1cc(Br)cnc1S(C)(=O)=O.[B][B]B([B])B(B([B])[B])B(B(B([B])[B])B([B])[B])B(B([B])[B])B([B])[B]. The Morgan fingerprint density at radius 3 is 1.21 bits per heavy atom. The van der Waals surface area contributed by atoms with Gasteiger partial charge in [0.1, 0.15) is 0 Å². The van der Waals surface area contributed by atoms with Crippen LogP contribution in [0.1, 0.15) is 64.8 Å². The highest BCUT2D eigenvalue weighted by Gasteiger charge is 2.52. The first-order chi connectivity index (χ1) is 33.7. The number of hydrogen-bond acceptors (Lipinski definition) is 11. The van der Waals surface area contributed by atoms with Crippen molar-refractivity contribution < 1.29 is 30.5 Å². The maximum absolute atomic E-state index is 12.4. The van der Waals surface area contributed by atoms with Gasteiger partial charge in [0, 0.05) is 226 Å². The van der Waals surface area contributed by atoms with Crippen LogP contribution in [-0.4, -0.2) is 238 Å². The molecule has 0 aromatic carbocycles. The number of sulfone groups is 2. The molecule has 4 aromatic heterocycles. The molecule has 1 saturated heterocycles. The summed E-state index contributed by atoms with van der Waals surface area (Å²) in [5.41, 5.74) is 2.91. The van der Waals surface area contributed by atoms with E-state index >= 15 is 0 Å². The highest BCUT2D eigenvalue weighted by Crippen LogP contribution is 2.36. The van der Waals surface area contributed by atoms with Crippen LogP contribution in [-0.2, 0) is 29.0 Å². The summed E-state index contributed by atoms with van der Waals surface area (Å²) in [6, 6.07) is 7.23. The molecule has 1 aliphatic rings. The van der Waals surface area contributed by atoms with Crippen molar-refractivity contribution in [1.29, 1.82) is 0 Å². The van der Waals surface area contributed by atoms with E-state index in [-0.39, 0.29) is 24.9 Å². The molecule has 363 valence electrons. The fourth-order valence-corrected chi connectivity index (χ4v) is 11.1. The number of hydrogen-bond donors (Lipinski definition) is 0. The summed E-state index contributed by atoms with van der Waals surface area (Å²) in [5.74, 6) is -0.404. The number of thioether (sulfide) groups is 1. The van der Waals surface area contributed by atoms with E-state index in [1.54, 1.807) is 50.7 Å². The average Bonchev–Trinajstić information content (AvgIpc) is 3.47. The van der Waals surface area contributed by atoms with Crippen LogP contribution in [0.25, 0.3) is 0 Å². The van der Waals surface area contributed by atoms with Gasteiger partial charge in [-0.1, -0.05) is 20.9 Å². The van der Waals surface area contributed by atoms with Crippen molar-refractivity contribution in [2.45, 2.75) is 96.5 Å². The second kappa shape index (κ2) is 34.3. The summed E-state index contributed by atoms with van der Waals surface area (Å²) in [7, 11) is 64.3. The Hall–Kier alpha value is -0.302. The number of pyridine rings is 4. The van der Waals surface area contributed by atoms with Crippen LogP contribution in [0.2, 0.25) is 0 Å². The normalized spacial score (nSPS) is 12.6. The van der Waals surface area contributed by atoms with E-state index < -0.39 is 108 Å². The number of aryl methyl sites for hydroxylation is 4. The molecule has 41 heteroatoms. The Balaban J connectivity index is 0. The van der Waals surface area contributed by atoms with Crippen molar-refractivity contribution in [3.8, 4) is 0 Å². The minimum atomic E-state index is -3.31. The van der Waals surface area contributed by atoms with Crippen molar-refractivity contribution >= 4 is 256 Å². The third-order valence-electron chi connectivity index (χ3n) is 11.7. The first-order valence-electron chi connectivity index (χ1n) is 22.4. The van der Waals surface area contributed by atoms with Gasteiger partial charge in [-0.2, -0.15) is 4.39 Å². The van der Waals surface area contributed by atoms with Crippen molar-refractivity contribution in [2.75, 3.05) is 18.8 Å². The number of nitrogens with zero attached hydrogens (tertiary/aromatic N) is 4. The van der Waals surface area contributed by atoms with Crippen molar-refractivity contribution in [2.24, 2.45) is 0 Å². The summed E-state index contributed by atoms with van der Waals surface area (Å²) in [5, 5.41) is 1.34. The standard InChI is InChI=1S/C13H20BNO4S.C7H8BrNO2S.C7H8BrNS.C6H5BrFN.2CH4.B23/c1-9-7-10(8-15-11(9)20(6,16)17)14-18-12(2,3)13(4,5)19-14;1-5-3-6(8)4-9-7(5)12(2,10)11;1-5-3-6(8)4-9-7(5)10-2;1-4-2-5(7)3-9-6(4)8;;;1-13-19(12)22(18(10)11)23(20(14(2)3)15(4)5)21(16(6)7)17(8)9/h7-8H,1-6H3;3-4H,1-2H3;3-4H,1-2H3;2-3H,1H3;2*1H4;. The maximum Gasteiger partial charge on any atom is 0.496 e. The van der Waals surface area contributed by atoms with Gasteiger partial charge in [0.2, 0.25) is 5.95 Å². The van der Waals surface area contributed by atoms with Gasteiger partial charge in [-0.15, -0.1) is 11.8 Å². The third kappa shape index (κ3) is 24.3. The van der Waals surface area contributed by atoms with Gasteiger partial charge < -0.3 is 9.31 Å². The van der Waals surface area contributed by atoms with Crippen LogP contribution in [0, 0.1) is 33.6 Å². The van der Waals surface area contributed by atoms with Crippen molar-refractivity contribution in [3.63, 3.8) is 0 Å². The molecule has 0 saturated carbocycles. The maximum atomic E-state index is 12.4. The Labute approximate surface area is 507 Å². The minimum absolute atomic E-state index is 0. The first kappa shape index (κ1) is 77.8. The lowest BCUT2D eigenvalue weighted by molar-refractivity contribution is 0.00578. The summed E-state index contributed by atoms with van der Waals surface area (Å²) >= 11 is 11.4. The average molecular weight is 1240 g/mol. The lowest BCUT2D eigenvalue weighted by atomic mass is 8.36. The van der Waals surface area contributed by atoms with E-state index in [1.165, 1.54) is 31.2 Å². The van der Waals surface area contributed by atoms with Gasteiger partial charge in [-0.3, -0.25) is 0 Å². The fraction of sp³-hybridized carbons (Fsp3) is 0.429. The van der Waals surface area contributed by atoms with Crippen LogP contribution in [0.5, 0.6) is 0 Å². The molecule has 1 aliphatic heterocycles. The molecule has 0 atom stereocenters. The van der Waals surface area contributed by atoms with Gasteiger partial charge in [0.15, 0.2) is 29.7 Å². The number of halogens is 4. The molecule has 5 rings (SSSR count). The topological polar surface area (TPSA) is 138 Å². The predicted molar refractivity (Wildman–Crippen MR) is 358 cm³/mol. The molecule has 25 radical (unpaired) electrons. The Morgan fingerprint density at radius 2 is 0.908 bits per heavy atom. The number of aromatic nitrogens is 4. The molecular weight excluding hydrogens is 1190 g/mol. The quantitative estimate of drug-likeness (QED) is 0.0983. The molecule has 0 spiro atoms. The second-order valence-corrected chi connectivity index (χ2v) is 25.9. The monoisotopic (exact) mass is 1240 g/mol. The van der Waals surface area contributed by atoms with Gasteiger partial charge in [0.25, 0.3) is 0 Å². The molecule has 10 nitrogen and oxygen atoms in total. The molecule has 0 N–H and O–H groups in total. The second-order valence-electron chi connectivity index (χ2n) is 18.5. The van der Waals surface area contributed by atoms with Crippen LogP contribution < -0.4 is 5.46 Å². The molecule has 0 aliphatic carbocycles. The molecule has 5 heterocycles. The fourth-order valence-electron chi connectivity index (χ4n) is 7.47. The van der Waals surface area contributed by atoms with E-state index in [0.29, 0.717) is 16.7 Å². The van der Waals surface area contributed by atoms with Crippen LogP contribution >= 0.6 is 59.6 Å². The lowest BCUT2D eigenvalue weighted by Crippen LogP contribution is -2.83. The molecular formula is C35H49B24Br3FN4O6S3. The highest BCUT2D eigenvalue weighted by molar-refractivity contribution is 9.11. The molecule has 4 aromatic rings. The molecule has 0 unspecified atom stereocenters. The smallest absolute Gasteiger partial charge is 0.399 e. The van der Waals surface area contributed by atoms with Crippen LogP contribution in [0.15, 0.2) is 77.5 Å². The van der Waals surface area contributed by atoms with Gasteiger partial charge in [-0.05, 0) is 144 Å². The zero-order valence-electron chi connectivity index (χ0n) is 43.5. The molecule has 1 fully saturated rings. The Kier molecular flexibility index (Phi) is 35.1. The molecule has 0 bridgehead atoms. The van der Waals surface area contributed by atoms with E-state index in [4.69, 9.17) is 102 Å². The van der Waals surface area contributed by atoms with Gasteiger partial charge in [-0.25, -0.2) is 36.8 Å². The Morgan fingerprint density at radius 1 is 0.566 bits per heavy atom. The van der Waals surface area contributed by atoms with Crippen molar-refractivity contribution in [3.05, 3.63) is 90.7 Å². The lowest BCUT2D eigenvalue weighted by Gasteiger charge is -2.45. The highest BCUT2D eigenvalue weighted by atomic mass is 79.9. The van der Waals surface area contributed by atoms with Crippen LogP contribution in [0.4, 0.5) is 4.39 Å². The summed E-state index contributed by atoms with van der Waals surface area (Å²) in [6.45, 7) is 15.1. The zero-order chi connectivity index (χ0) is 57.6. The van der Waals surface area contributed by atoms with Gasteiger partial charge >= 0.3 is 7.12 Å². The molecule has 0 amide bonds. The Bertz CT molecular complexity index is 2620. The summed E-state index contributed by atoms with van der Waals surface area (Å²) in [6.07, 6.45) is 2.54. The first-order valence-corrected chi connectivity index (χ1v) is 29.8. The third-order valence-corrected chi connectivity index (χ3v) is 16.0. The summed E-state index contributed by atoms with van der Waals surface area (Å²) in [4.78, 5) is 15.5.